The van der Waals surface area contributed by atoms with Crippen molar-refractivity contribution in [1.82, 2.24) is 5.32 Å². The molecule has 20 heavy (non-hydrogen) atoms. The number of hydrogen-bond donors (Lipinski definition) is 2. The van der Waals surface area contributed by atoms with Crippen molar-refractivity contribution in [2.75, 3.05) is 32.2 Å². The molecule has 1 heterocycles. The molecule has 2 atom stereocenters. The second kappa shape index (κ2) is 6.92. The van der Waals surface area contributed by atoms with Gasteiger partial charge in [-0.15, -0.1) is 0 Å². The van der Waals surface area contributed by atoms with Crippen molar-refractivity contribution in [1.29, 1.82) is 0 Å². The molecule has 0 bridgehead atoms. The number of ether oxygens (including phenoxy) is 2. The molecule has 1 fully saturated rings. The Hall–Kier alpha value is -1.30. The zero-order valence-electron chi connectivity index (χ0n) is 11.6. The van der Waals surface area contributed by atoms with E-state index >= 15 is 0 Å². The molecule has 6 heteroatoms. The lowest BCUT2D eigenvalue weighted by Crippen LogP contribution is -2.41. The Morgan fingerprint density at radius 3 is 3.00 bits per heavy atom. The van der Waals surface area contributed by atoms with Gasteiger partial charge in [0.1, 0.15) is 5.75 Å². The fourth-order valence-corrected chi connectivity index (χ4v) is 2.45. The Balaban J connectivity index is 2.09. The number of hydrogen-bond acceptors (Lipinski definition) is 4. The van der Waals surface area contributed by atoms with Gasteiger partial charge in [-0.25, -0.2) is 0 Å². The number of likely N-dealkylation sites (N-methyl/N-ethyl adjacent to an activating group) is 1. The van der Waals surface area contributed by atoms with Gasteiger partial charge in [-0.1, -0.05) is 18.5 Å². The van der Waals surface area contributed by atoms with Crippen molar-refractivity contribution in [3.05, 3.63) is 23.2 Å². The van der Waals surface area contributed by atoms with Crippen LogP contribution in [0.4, 0.5) is 5.69 Å². The maximum atomic E-state index is 12.3. The third-order valence-corrected chi connectivity index (χ3v) is 3.54. The molecule has 1 aliphatic rings. The molecule has 110 valence electrons. The minimum Gasteiger partial charge on any atom is -0.495 e. The van der Waals surface area contributed by atoms with Crippen LogP contribution in [0.5, 0.6) is 5.75 Å². The van der Waals surface area contributed by atoms with Crippen LogP contribution in [-0.4, -0.2) is 38.8 Å². The van der Waals surface area contributed by atoms with Gasteiger partial charge in [-0.2, -0.15) is 0 Å². The standard InChI is InChI=1S/C14H19ClN2O3/c1-3-16-12-8-20-7-10(12)14(18)17-11-6-9(15)4-5-13(11)19-2/h4-6,10,12,16H,3,7-8H2,1-2H3,(H,17,18). The average molecular weight is 299 g/mol. The summed E-state index contributed by atoms with van der Waals surface area (Å²) in [7, 11) is 1.55. The molecule has 0 saturated carbocycles. The summed E-state index contributed by atoms with van der Waals surface area (Å²) in [6, 6.07) is 5.17. The van der Waals surface area contributed by atoms with E-state index in [0.717, 1.165) is 6.54 Å². The van der Waals surface area contributed by atoms with Crippen LogP contribution in [0.2, 0.25) is 5.02 Å². The number of rotatable bonds is 5. The molecule has 0 aromatic heterocycles. The van der Waals surface area contributed by atoms with Crippen molar-refractivity contribution in [2.24, 2.45) is 5.92 Å². The lowest BCUT2D eigenvalue weighted by Gasteiger charge is -2.18. The van der Waals surface area contributed by atoms with Crippen LogP contribution in [0.1, 0.15) is 6.92 Å². The van der Waals surface area contributed by atoms with Gasteiger partial charge in [0.15, 0.2) is 0 Å². The molecule has 0 radical (unpaired) electrons. The number of carbonyl (C=O) groups is 1. The molecule has 2 unspecified atom stereocenters. The van der Waals surface area contributed by atoms with E-state index in [0.29, 0.717) is 29.7 Å². The van der Waals surface area contributed by atoms with Gasteiger partial charge in [0, 0.05) is 11.1 Å². The lowest BCUT2D eigenvalue weighted by atomic mass is 10.0. The summed E-state index contributed by atoms with van der Waals surface area (Å²) in [5, 5.41) is 6.67. The monoisotopic (exact) mass is 298 g/mol. The molecule has 5 nitrogen and oxygen atoms in total. The molecule has 0 spiro atoms. The van der Waals surface area contributed by atoms with Gasteiger partial charge in [0.05, 0.1) is 31.9 Å². The van der Waals surface area contributed by atoms with Crippen LogP contribution in [0.25, 0.3) is 0 Å². The number of halogens is 1. The molecular weight excluding hydrogens is 280 g/mol. The second-order valence-corrected chi connectivity index (χ2v) is 5.08. The van der Waals surface area contributed by atoms with Crippen LogP contribution >= 0.6 is 11.6 Å². The van der Waals surface area contributed by atoms with E-state index in [4.69, 9.17) is 21.1 Å². The van der Waals surface area contributed by atoms with Crippen LogP contribution in [0, 0.1) is 5.92 Å². The minimum absolute atomic E-state index is 0.0465. The first-order valence-corrected chi connectivity index (χ1v) is 6.99. The van der Waals surface area contributed by atoms with E-state index in [2.05, 4.69) is 10.6 Å². The predicted octanol–water partition coefficient (Wildman–Crippen LogP) is 1.91. The fourth-order valence-electron chi connectivity index (χ4n) is 2.28. The highest BCUT2D eigenvalue weighted by molar-refractivity contribution is 6.31. The normalized spacial score (nSPS) is 21.8. The largest absolute Gasteiger partial charge is 0.495 e. The third-order valence-electron chi connectivity index (χ3n) is 3.30. The van der Waals surface area contributed by atoms with Crippen LogP contribution in [0.15, 0.2) is 18.2 Å². The number of amides is 1. The quantitative estimate of drug-likeness (QED) is 0.872. The van der Waals surface area contributed by atoms with Crippen molar-refractivity contribution in [2.45, 2.75) is 13.0 Å². The Labute approximate surface area is 123 Å². The SMILES string of the molecule is CCNC1COCC1C(=O)Nc1cc(Cl)ccc1OC. The van der Waals surface area contributed by atoms with Gasteiger partial charge >= 0.3 is 0 Å². The summed E-state index contributed by atoms with van der Waals surface area (Å²) in [5.41, 5.74) is 0.576. The number of nitrogens with one attached hydrogen (secondary N) is 2. The van der Waals surface area contributed by atoms with Crippen LogP contribution < -0.4 is 15.4 Å². The van der Waals surface area contributed by atoms with E-state index in [1.165, 1.54) is 0 Å². The molecule has 1 aliphatic heterocycles. The summed E-state index contributed by atoms with van der Waals surface area (Å²) in [5.74, 6) is 0.286. The van der Waals surface area contributed by atoms with Gasteiger partial charge in [0.2, 0.25) is 5.91 Å². The maximum absolute atomic E-state index is 12.3. The first-order valence-electron chi connectivity index (χ1n) is 6.61. The second-order valence-electron chi connectivity index (χ2n) is 4.64. The Morgan fingerprint density at radius 1 is 1.50 bits per heavy atom. The summed E-state index contributed by atoms with van der Waals surface area (Å²) in [6.45, 7) is 3.79. The summed E-state index contributed by atoms with van der Waals surface area (Å²) >= 11 is 5.95. The molecule has 1 amide bonds. The van der Waals surface area contributed by atoms with Crippen LogP contribution in [-0.2, 0) is 9.53 Å². The molecule has 1 saturated heterocycles. The van der Waals surface area contributed by atoms with Gasteiger partial charge in [-0.3, -0.25) is 4.79 Å². The average Bonchev–Trinajstić information content (AvgIpc) is 2.88. The number of methoxy groups -OCH3 is 1. The van der Waals surface area contributed by atoms with Crippen LogP contribution in [0.3, 0.4) is 0 Å². The van der Waals surface area contributed by atoms with E-state index < -0.39 is 0 Å². The minimum atomic E-state index is -0.210. The van der Waals surface area contributed by atoms with Gasteiger partial charge in [0.25, 0.3) is 0 Å². The lowest BCUT2D eigenvalue weighted by molar-refractivity contribution is -0.120. The molecule has 2 rings (SSSR count). The van der Waals surface area contributed by atoms with Crippen molar-refractivity contribution in [3.63, 3.8) is 0 Å². The smallest absolute Gasteiger partial charge is 0.231 e. The number of carbonyl (C=O) groups excluding carboxylic acids is 1. The van der Waals surface area contributed by atoms with E-state index in [-0.39, 0.29) is 17.9 Å². The van der Waals surface area contributed by atoms with E-state index in [1.807, 2.05) is 6.92 Å². The number of anilines is 1. The summed E-state index contributed by atoms with van der Waals surface area (Å²) in [6.07, 6.45) is 0. The highest BCUT2D eigenvalue weighted by atomic mass is 35.5. The van der Waals surface area contributed by atoms with Crippen molar-refractivity contribution < 1.29 is 14.3 Å². The summed E-state index contributed by atoms with van der Waals surface area (Å²) in [4.78, 5) is 12.3. The summed E-state index contributed by atoms with van der Waals surface area (Å²) < 4.78 is 10.6. The molecule has 2 N–H and O–H groups in total. The van der Waals surface area contributed by atoms with E-state index in [9.17, 15) is 4.79 Å². The van der Waals surface area contributed by atoms with Crippen molar-refractivity contribution in [3.8, 4) is 5.75 Å². The van der Waals surface area contributed by atoms with Gasteiger partial charge in [-0.05, 0) is 24.7 Å². The zero-order chi connectivity index (χ0) is 14.5. The molecule has 1 aromatic rings. The van der Waals surface area contributed by atoms with Crippen molar-refractivity contribution >= 4 is 23.2 Å². The maximum Gasteiger partial charge on any atom is 0.231 e. The van der Waals surface area contributed by atoms with E-state index in [1.54, 1.807) is 25.3 Å². The highest BCUT2D eigenvalue weighted by Crippen LogP contribution is 2.28. The topological polar surface area (TPSA) is 59.6 Å². The first-order chi connectivity index (χ1) is 9.65. The molecule has 0 aliphatic carbocycles. The molecular formula is C14H19ClN2O3. The van der Waals surface area contributed by atoms with Gasteiger partial charge < -0.3 is 20.1 Å². The predicted molar refractivity (Wildman–Crippen MR) is 78.4 cm³/mol. The Morgan fingerprint density at radius 2 is 2.30 bits per heavy atom. The fraction of sp³-hybridized carbons (Fsp3) is 0.500. The Kier molecular flexibility index (Phi) is 5.23. The number of benzene rings is 1. The Bertz CT molecular complexity index is 481. The first kappa shape index (κ1) is 15.1. The highest BCUT2D eigenvalue weighted by Gasteiger charge is 2.33. The molecule has 1 aromatic carbocycles. The zero-order valence-corrected chi connectivity index (χ0v) is 12.4. The third kappa shape index (κ3) is 3.42.